The van der Waals surface area contributed by atoms with Crippen molar-refractivity contribution in [3.8, 4) is 11.5 Å². The predicted octanol–water partition coefficient (Wildman–Crippen LogP) is 8.46. The van der Waals surface area contributed by atoms with Crippen LogP contribution in [0.5, 0.6) is 11.5 Å². The monoisotopic (exact) mass is 770 g/mol. The van der Waals surface area contributed by atoms with Gasteiger partial charge in [0.2, 0.25) is 0 Å². The Hall–Kier alpha value is -4.61. The van der Waals surface area contributed by atoms with E-state index in [-0.39, 0.29) is 16.4 Å². The van der Waals surface area contributed by atoms with Crippen molar-refractivity contribution in [3.63, 3.8) is 0 Å². The number of carbonyl (C=O) groups is 2. The molecule has 1 heterocycles. The van der Waals surface area contributed by atoms with Gasteiger partial charge in [0.05, 0.1) is 8.95 Å². The van der Waals surface area contributed by atoms with E-state index in [1.807, 2.05) is 60.7 Å². The molecule has 10 heteroatoms. The van der Waals surface area contributed by atoms with Gasteiger partial charge < -0.3 is 9.47 Å². The summed E-state index contributed by atoms with van der Waals surface area (Å²) in [7, 11) is -4.18. The average Bonchev–Trinajstić information content (AvgIpc) is 3.33. The lowest BCUT2D eigenvalue weighted by Crippen LogP contribution is -2.29. The number of ether oxygens (including phenoxy) is 2. The third-order valence-electron chi connectivity index (χ3n) is 7.29. The van der Waals surface area contributed by atoms with Gasteiger partial charge in [0, 0.05) is 17.7 Å². The number of fused-ring (bicyclic) bond motifs is 1. The van der Waals surface area contributed by atoms with Crippen molar-refractivity contribution in [2.24, 2.45) is 0 Å². The lowest BCUT2D eigenvalue weighted by Gasteiger charge is -2.30. The Bertz CT molecular complexity index is 2030. The van der Waals surface area contributed by atoms with Crippen LogP contribution >= 0.6 is 31.9 Å². The van der Waals surface area contributed by atoms with E-state index in [1.165, 1.54) is 18.2 Å². The maximum absolute atomic E-state index is 13.4. The lowest BCUT2D eigenvalue weighted by molar-refractivity contribution is -0.129. The Morgan fingerprint density at radius 1 is 0.617 bits per heavy atom. The number of carbonyl (C=O) groups excluding carboxylic acids is 2. The van der Waals surface area contributed by atoms with E-state index >= 15 is 0 Å². The van der Waals surface area contributed by atoms with E-state index in [4.69, 9.17) is 13.7 Å². The fraction of sp³-hybridized carbons (Fsp3) is 0.0270. The minimum Gasteiger partial charge on any atom is -0.422 e. The third kappa shape index (κ3) is 6.91. The largest absolute Gasteiger partial charge is 0.422 e. The molecule has 47 heavy (non-hydrogen) atoms. The van der Waals surface area contributed by atoms with Crippen LogP contribution in [0.2, 0.25) is 0 Å². The molecular weight excluding hydrogens is 748 g/mol. The first kappa shape index (κ1) is 32.3. The summed E-state index contributed by atoms with van der Waals surface area (Å²) in [5, 5.41) is 0. The zero-order chi connectivity index (χ0) is 33.0. The number of esters is 2. The molecule has 0 atom stereocenters. The van der Waals surface area contributed by atoms with Gasteiger partial charge in [-0.05, 0) is 96.6 Å². The second kappa shape index (κ2) is 13.6. The highest BCUT2D eigenvalue weighted by atomic mass is 79.9. The molecule has 0 aromatic heterocycles. The SMILES string of the molecule is O=C(/C=C\c1ccccc1)Oc1ccc(C2(c3ccc(OC(=O)/C=C\c4ccccc4)c(Br)c3)OS(=O)(=O)c3ccccc32)cc1Br. The molecule has 0 saturated carbocycles. The minimum atomic E-state index is -4.18. The molecule has 0 spiro atoms. The molecule has 1 aliphatic heterocycles. The molecule has 5 aromatic rings. The highest BCUT2D eigenvalue weighted by Crippen LogP contribution is 2.52. The molecule has 0 aliphatic carbocycles. The highest BCUT2D eigenvalue weighted by Gasteiger charge is 2.51. The zero-order valence-electron chi connectivity index (χ0n) is 24.4. The lowest BCUT2D eigenvalue weighted by atomic mass is 9.80. The Kier molecular flexibility index (Phi) is 9.38. The van der Waals surface area contributed by atoms with Gasteiger partial charge in [-0.2, -0.15) is 8.42 Å². The molecule has 234 valence electrons. The summed E-state index contributed by atoms with van der Waals surface area (Å²) in [5.74, 6) is -0.718. The fourth-order valence-electron chi connectivity index (χ4n) is 5.15. The minimum absolute atomic E-state index is 0.0235. The Labute approximate surface area is 288 Å². The summed E-state index contributed by atoms with van der Waals surface area (Å²) in [5.41, 5.74) is 1.35. The normalized spacial score (nSPS) is 14.6. The summed E-state index contributed by atoms with van der Waals surface area (Å²) in [6, 6.07) is 34.9. The standard InChI is InChI=1S/C37H24Br2O7S/c38-30-23-27(17-19-32(30)44-35(40)21-15-25-9-3-1-4-10-25)37(29-13-7-8-14-34(29)47(42,43)46-37)28-18-20-33(31(39)24-28)45-36(41)22-16-26-11-5-2-6-12-26/h1-24H/b21-15-,22-16-. The van der Waals surface area contributed by atoms with Crippen LogP contribution in [0.3, 0.4) is 0 Å². The van der Waals surface area contributed by atoms with Crippen LogP contribution in [0.1, 0.15) is 27.8 Å². The van der Waals surface area contributed by atoms with Crippen molar-refractivity contribution < 1.29 is 31.7 Å². The summed E-state index contributed by atoms with van der Waals surface area (Å²) in [4.78, 5) is 25.2. The van der Waals surface area contributed by atoms with Crippen molar-refractivity contribution in [2.45, 2.75) is 10.5 Å². The number of rotatable bonds is 8. The predicted molar refractivity (Wildman–Crippen MR) is 185 cm³/mol. The van der Waals surface area contributed by atoms with Gasteiger partial charge in [-0.3, -0.25) is 0 Å². The number of hydrogen-bond acceptors (Lipinski definition) is 7. The molecule has 7 nitrogen and oxygen atoms in total. The van der Waals surface area contributed by atoms with Gasteiger partial charge in [-0.25, -0.2) is 13.8 Å². The van der Waals surface area contributed by atoms with E-state index < -0.39 is 27.7 Å². The second-order valence-electron chi connectivity index (χ2n) is 10.3. The quantitative estimate of drug-likeness (QED) is 0.0676. The Morgan fingerprint density at radius 2 is 1.06 bits per heavy atom. The molecule has 0 bridgehead atoms. The van der Waals surface area contributed by atoms with Gasteiger partial charge in [0.1, 0.15) is 16.4 Å². The molecule has 6 rings (SSSR count). The van der Waals surface area contributed by atoms with Gasteiger partial charge in [-0.15, -0.1) is 0 Å². The number of hydrogen-bond donors (Lipinski definition) is 0. The van der Waals surface area contributed by atoms with Gasteiger partial charge in [-0.1, -0.05) is 91.0 Å². The molecule has 0 amide bonds. The van der Waals surface area contributed by atoms with Crippen LogP contribution in [-0.2, 0) is 29.5 Å². The van der Waals surface area contributed by atoms with Crippen molar-refractivity contribution >= 4 is 66.1 Å². The van der Waals surface area contributed by atoms with E-state index in [2.05, 4.69) is 31.9 Å². The first-order valence-electron chi connectivity index (χ1n) is 14.2. The Morgan fingerprint density at radius 3 is 1.53 bits per heavy atom. The molecule has 0 unspecified atom stereocenters. The van der Waals surface area contributed by atoms with Crippen LogP contribution in [-0.4, -0.2) is 20.4 Å². The fourth-order valence-corrected chi connectivity index (χ4v) is 7.50. The molecule has 0 saturated heterocycles. The van der Waals surface area contributed by atoms with Crippen molar-refractivity contribution in [1.29, 1.82) is 0 Å². The van der Waals surface area contributed by atoms with Crippen LogP contribution in [0, 0.1) is 0 Å². The van der Waals surface area contributed by atoms with Crippen LogP contribution in [0.4, 0.5) is 0 Å². The summed E-state index contributed by atoms with van der Waals surface area (Å²) in [6.07, 6.45) is 5.94. The second-order valence-corrected chi connectivity index (χ2v) is 13.6. The molecule has 1 aliphatic rings. The summed E-state index contributed by atoms with van der Waals surface area (Å²) >= 11 is 6.98. The molecular formula is C37H24Br2O7S. The molecule has 5 aromatic carbocycles. The topological polar surface area (TPSA) is 96.0 Å². The van der Waals surface area contributed by atoms with E-state index in [0.29, 0.717) is 25.6 Å². The third-order valence-corrected chi connectivity index (χ3v) is 9.89. The van der Waals surface area contributed by atoms with Crippen LogP contribution < -0.4 is 9.47 Å². The van der Waals surface area contributed by atoms with E-state index in [0.717, 1.165) is 11.1 Å². The van der Waals surface area contributed by atoms with Gasteiger partial charge in [0.25, 0.3) is 10.1 Å². The number of halogens is 2. The summed E-state index contributed by atoms with van der Waals surface area (Å²) < 4.78 is 44.7. The van der Waals surface area contributed by atoms with Crippen molar-refractivity contribution in [2.75, 3.05) is 0 Å². The van der Waals surface area contributed by atoms with Gasteiger partial charge in [0.15, 0.2) is 5.60 Å². The Balaban J connectivity index is 1.34. The zero-order valence-corrected chi connectivity index (χ0v) is 28.4. The van der Waals surface area contributed by atoms with Gasteiger partial charge >= 0.3 is 11.9 Å². The van der Waals surface area contributed by atoms with Crippen molar-refractivity contribution in [1.82, 2.24) is 0 Å². The van der Waals surface area contributed by atoms with Crippen LogP contribution in [0.15, 0.2) is 147 Å². The van der Waals surface area contributed by atoms with E-state index in [9.17, 15) is 18.0 Å². The molecule has 0 N–H and O–H groups in total. The average molecular weight is 772 g/mol. The molecule has 0 radical (unpaired) electrons. The first-order valence-corrected chi connectivity index (χ1v) is 17.2. The highest BCUT2D eigenvalue weighted by molar-refractivity contribution is 9.11. The smallest absolute Gasteiger partial charge is 0.336 e. The number of benzene rings is 5. The summed E-state index contributed by atoms with van der Waals surface area (Å²) in [6.45, 7) is 0. The van der Waals surface area contributed by atoms with Crippen molar-refractivity contribution in [3.05, 3.63) is 170 Å². The maximum Gasteiger partial charge on any atom is 0.336 e. The molecule has 0 fully saturated rings. The van der Waals surface area contributed by atoms with Crippen LogP contribution in [0.25, 0.3) is 12.2 Å². The van der Waals surface area contributed by atoms with E-state index in [1.54, 1.807) is 66.7 Å². The maximum atomic E-state index is 13.4. The first-order chi connectivity index (χ1) is 22.7.